The van der Waals surface area contributed by atoms with Crippen molar-refractivity contribution in [3.8, 4) is 5.75 Å². The number of rotatable bonds is 4. The molecule has 0 bridgehead atoms. The van der Waals surface area contributed by atoms with Gasteiger partial charge in [0.25, 0.3) is 0 Å². The fourth-order valence-corrected chi connectivity index (χ4v) is 2.42. The van der Waals surface area contributed by atoms with Crippen molar-refractivity contribution in [2.24, 2.45) is 0 Å². The van der Waals surface area contributed by atoms with Crippen LogP contribution >= 0.6 is 0 Å². The molecule has 1 aromatic rings. The third-order valence-electron chi connectivity index (χ3n) is 3.49. The minimum Gasteiger partial charge on any atom is -0.508 e. The minimum absolute atomic E-state index is 0.325. The summed E-state index contributed by atoms with van der Waals surface area (Å²) in [5, 5.41) is 12.8. The molecule has 2 unspecified atom stereocenters. The van der Waals surface area contributed by atoms with Gasteiger partial charge in [0, 0.05) is 19.7 Å². The van der Waals surface area contributed by atoms with E-state index in [1.54, 1.807) is 19.2 Å². The van der Waals surface area contributed by atoms with E-state index in [4.69, 9.17) is 4.74 Å². The third-order valence-corrected chi connectivity index (χ3v) is 3.49. The number of hydrogen-bond acceptors (Lipinski definition) is 3. The van der Waals surface area contributed by atoms with E-state index < -0.39 is 0 Å². The first kappa shape index (κ1) is 12.4. The fraction of sp³-hybridized carbons (Fsp3) is 0.571. The summed E-state index contributed by atoms with van der Waals surface area (Å²) in [4.78, 5) is 0. The summed E-state index contributed by atoms with van der Waals surface area (Å²) in [6.07, 6.45) is 5.19. The second kappa shape index (κ2) is 6.03. The summed E-state index contributed by atoms with van der Waals surface area (Å²) >= 11 is 0. The molecule has 0 saturated heterocycles. The van der Waals surface area contributed by atoms with E-state index in [2.05, 4.69) is 5.32 Å². The first-order valence-corrected chi connectivity index (χ1v) is 6.32. The van der Waals surface area contributed by atoms with Crippen molar-refractivity contribution in [2.45, 2.75) is 44.4 Å². The van der Waals surface area contributed by atoms with Gasteiger partial charge in [-0.25, -0.2) is 0 Å². The number of phenols is 1. The van der Waals surface area contributed by atoms with E-state index in [1.807, 2.05) is 12.1 Å². The van der Waals surface area contributed by atoms with Crippen molar-refractivity contribution < 1.29 is 9.84 Å². The lowest BCUT2D eigenvalue weighted by Crippen LogP contribution is -2.36. The predicted octanol–water partition coefficient (Wildman–Crippen LogP) is 2.44. The third kappa shape index (κ3) is 3.72. The topological polar surface area (TPSA) is 41.5 Å². The maximum absolute atomic E-state index is 9.20. The van der Waals surface area contributed by atoms with E-state index in [0.29, 0.717) is 17.9 Å². The maximum atomic E-state index is 9.20. The van der Waals surface area contributed by atoms with Gasteiger partial charge in [-0.3, -0.25) is 0 Å². The highest BCUT2D eigenvalue weighted by Crippen LogP contribution is 2.21. The van der Waals surface area contributed by atoms with Gasteiger partial charge in [-0.15, -0.1) is 0 Å². The molecule has 94 valence electrons. The second-order valence-electron chi connectivity index (χ2n) is 4.77. The van der Waals surface area contributed by atoms with E-state index in [-0.39, 0.29) is 0 Å². The van der Waals surface area contributed by atoms with Crippen LogP contribution in [0.2, 0.25) is 0 Å². The van der Waals surface area contributed by atoms with Gasteiger partial charge in [-0.05, 0) is 43.4 Å². The van der Waals surface area contributed by atoms with Gasteiger partial charge in [0.15, 0.2) is 0 Å². The molecule has 0 aliphatic heterocycles. The van der Waals surface area contributed by atoms with Crippen LogP contribution in [-0.4, -0.2) is 24.4 Å². The normalized spacial score (nSPS) is 24.8. The van der Waals surface area contributed by atoms with Crippen molar-refractivity contribution in [2.75, 3.05) is 7.11 Å². The van der Waals surface area contributed by atoms with Crippen LogP contribution in [0.3, 0.4) is 0 Å². The van der Waals surface area contributed by atoms with Gasteiger partial charge in [0.05, 0.1) is 6.10 Å². The molecule has 17 heavy (non-hydrogen) atoms. The van der Waals surface area contributed by atoms with Crippen LogP contribution in [0, 0.1) is 0 Å². The minimum atomic E-state index is 0.325. The molecule has 1 fully saturated rings. The number of methoxy groups -OCH3 is 1. The SMILES string of the molecule is COC1CCCC(NCc2ccc(O)cc2)C1. The predicted molar refractivity (Wildman–Crippen MR) is 68.0 cm³/mol. The molecule has 2 N–H and O–H groups in total. The second-order valence-corrected chi connectivity index (χ2v) is 4.77. The molecule has 0 amide bonds. The Morgan fingerprint density at radius 3 is 2.76 bits per heavy atom. The molecule has 1 aliphatic rings. The van der Waals surface area contributed by atoms with Crippen LogP contribution < -0.4 is 5.32 Å². The van der Waals surface area contributed by atoms with Crippen LogP contribution in [0.15, 0.2) is 24.3 Å². The number of ether oxygens (including phenoxy) is 1. The van der Waals surface area contributed by atoms with Gasteiger partial charge in [-0.2, -0.15) is 0 Å². The largest absolute Gasteiger partial charge is 0.508 e. The van der Waals surface area contributed by atoms with Crippen molar-refractivity contribution in [1.29, 1.82) is 0 Å². The summed E-state index contributed by atoms with van der Waals surface area (Å²) in [5.41, 5.74) is 1.21. The summed E-state index contributed by atoms with van der Waals surface area (Å²) in [7, 11) is 1.80. The van der Waals surface area contributed by atoms with Crippen LogP contribution in [0.4, 0.5) is 0 Å². The number of aromatic hydroxyl groups is 1. The highest BCUT2D eigenvalue weighted by atomic mass is 16.5. The van der Waals surface area contributed by atoms with Gasteiger partial charge >= 0.3 is 0 Å². The van der Waals surface area contributed by atoms with Gasteiger partial charge in [0.2, 0.25) is 0 Å². The first-order valence-electron chi connectivity index (χ1n) is 6.32. The van der Waals surface area contributed by atoms with Crippen molar-refractivity contribution in [3.63, 3.8) is 0 Å². The molecule has 0 aromatic heterocycles. The summed E-state index contributed by atoms with van der Waals surface area (Å²) in [5.74, 6) is 0.325. The molecule has 0 spiro atoms. The molecule has 0 heterocycles. The van der Waals surface area contributed by atoms with E-state index >= 15 is 0 Å². The monoisotopic (exact) mass is 235 g/mol. The Hall–Kier alpha value is -1.06. The molecule has 3 nitrogen and oxygen atoms in total. The number of nitrogens with one attached hydrogen (secondary N) is 1. The van der Waals surface area contributed by atoms with E-state index in [9.17, 15) is 5.11 Å². The Balaban J connectivity index is 1.79. The Bertz CT molecular complexity index is 337. The van der Waals surface area contributed by atoms with Crippen molar-refractivity contribution in [3.05, 3.63) is 29.8 Å². The molecule has 2 rings (SSSR count). The summed E-state index contributed by atoms with van der Waals surface area (Å²) in [6, 6.07) is 7.94. The van der Waals surface area contributed by atoms with Crippen molar-refractivity contribution in [1.82, 2.24) is 5.32 Å². The summed E-state index contributed by atoms with van der Waals surface area (Å²) < 4.78 is 5.42. The molecule has 1 aliphatic carbocycles. The standard InChI is InChI=1S/C14H21NO2/c1-17-14-4-2-3-12(9-14)15-10-11-5-7-13(16)8-6-11/h5-8,12,14-16H,2-4,9-10H2,1H3. The highest BCUT2D eigenvalue weighted by Gasteiger charge is 2.20. The molecule has 1 saturated carbocycles. The van der Waals surface area contributed by atoms with E-state index in [1.165, 1.54) is 24.8 Å². The molecule has 0 radical (unpaired) electrons. The molecule has 2 atom stereocenters. The highest BCUT2D eigenvalue weighted by molar-refractivity contribution is 5.25. The van der Waals surface area contributed by atoms with Crippen molar-refractivity contribution >= 4 is 0 Å². The average molecular weight is 235 g/mol. The Morgan fingerprint density at radius 2 is 2.06 bits per heavy atom. The quantitative estimate of drug-likeness (QED) is 0.842. The number of benzene rings is 1. The number of phenolic OH excluding ortho intramolecular Hbond substituents is 1. The Labute approximate surface area is 103 Å². The van der Waals surface area contributed by atoms with Gasteiger partial charge in [0.1, 0.15) is 5.75 Å². The van der Waals surface area contributed by atoms with Crippen LogP contribution in [-0.2, 0) is 11.3 Å². The van der Waals surface area contributed by atoms with Crippen LogP contribution in [0.25, 0.3) is 0 Å². The van der Waals surface area contributed by atoms with Gasteiger partial charge < -0.3 is 15.2 Å². The number of hydrogen-bond donors (Lipinski definition) is 2. The first-order chi connectivity index (χ1) is 8.28. The zero-order valence-electron chi connectivity index (χ0n) is 10.4. The summed E-state index contributed by atoms with van der Waals surface area (Å²) in [6.45, 7) is 0.862. The molecule has 1 aromatic carbocycles. The maximum Gasteiger partial charge on any atom is 0.115 e. The zero-order chi connectivity index (χ0) is 12.1. The fourth-order valence-electron chi connectivity index (χ4n) is 2.42. The van der Waals surface area contributed by atoms with E-state index in [0.717, 1.165) is 13.0 Å². The van der Waals surface area contributed by atoms with Crippen LogP contribution in [0.5, 0.6) is 5.75 Å². The van der Waals surface area contributed by atoms with Gasteiger partial charge in [-0.1, -0.05) is 12.1 Å². The van der Waals surface area contributed by atoms with Crippen LogP contribution in [0.1, 0.15) is 31.2 Å². The lowest BCUT2D eigenvalue weighted by Gasteiger charge is -2.29. The molecule has 3 heteroatoms. The zero-order valence-corrected chi connectivity index (χ0v) is 10.4. The molecular formula is C14H21NO2. The lowest BCUT2D eigenvalue weighted by atomic mass is 9.92. The Morgan fingerprint density at radius 1 is 1.29 bits per heavy atom. The smallest absolute Gasteiger partial charge is 0.115 e. The lowest BCUT2D eigenvalue weighted by molar-refractivity contribution is 0.0586. The molecular weight excluding hydrogens is 214 g/mol. The Kier molecular flexibility index (Phi) is 4.40. The average Bonchev–Trinajstić information content (AvgIpc) is 2.38.